The molecule has 0 unspecified atom stereocenters. The topological polar surface area (TPSA) is 124 Å². The van der Waals surface area contributed by atoms with Crippen LogP contribution in [0.4, 0.5) is 0 Å². The van der Waals surface area contributed by atoms with Crippen LogP contribution in [0.2, 0.25) is 0 Å². The average Bonchev–Trinajstić information content (AvgIpc) is 3.13. The molecule has 54 heavy (non-hydrogen) atoms. The number of ether oxygens (including phenoxy) is 3. The zero-order valence-corrected chi connectivity index (χ0v) is 33.0. The number of carbonyl (C=O) groups excluding carboxylic acids is 1. The van der Waals surface area contributed by atoms with Gasteiger partial charge < -0.3 is 24.4 Å². The second-order valence-corrected chi connectivity index (χ2v) is 14.3. The molecule has 1 aromatic heterocycles. The Bertz CT molecular complexity index is 1820. The third kappa shape index (κ3) is 12.9. The number of phenolic OH excluding ortho intramolecular Hbond substituents is 2. The molecule has 0 radical (unpaired) electrons. The number of unbranched alkanes of at least 4 members (excludes halogenated alkanes) is 11. The third-order valence-electron chi connectivity index (χ3n) is 9.36. The normalized spacial score (nSPS) is 11.1. The number of hydrogen-bond acceptors (Lipinski definition) is 9. The molecule has 3 aromatic carbocycles. The van der Waals surface area contributed by atoms with E-state index < -0.39 is 0 Å². The molecule has 0 aliphatic carbocycles. The van der Waals surface area contributed by atoms with E-state index in [-0.39, 0.29) is 17.5 Å². The number of carbonyl (C=O) groups is 1. The highest BCUT2D eigenvalue weighted by atomic mass is 16.5. The van der Waals surface area contributed by atoms with Crippen LogP contribution in [0.5, 0.6) is 23.0 Å². The molecular weight excluding hydrogens is 679 g/mol. The molecule has 0 bridgehead atoms. The molecular formula is C45H59N3O6. The van der Waals surface area contributed by atoms with E-state index in [1.54, 1.807) is 31.2 Å². The predicted octanol–water partition coefficient (Wildman–Crippen LogP) is 11.2. The number of rotatable bonds is 23. The van der Waals surface area contributed by atoms with Crippen LogP contribution < -0.4 is 9.47 Å². The van der Waals surface area contributed by atoms with Gasteiger partial charge in [0.1, 0.15) is 23.0 Å². The summed E-state index contributed by atoms with van der Waals surface area (Å²) in [6.07, 6.45) is 14.2. The first-order valence-electron chi connectivity index (χ1n) is 19.7. The van der Waals surface area contributed by atoms with Crippen LogP contribution in [0.25, 0.3) is 34.2 Å². The molecule has 1 heterocycles. The maximum absolute atomic E-state index is 11.4. The van der Waals surface area contributed by atoms with E-state index in [1.807, 2.05) is 26.0 Å². The van der Waals surface area contributed by atoms with Crippen LogP contribution in [0.3, 0.4) is 0 Å². The second-order valence-electron chi connectivity index (χ2n) is 14.3. The molecule has 0 saturated carbocycles. The molecule has 0 spiro atoms. The average molecular weight is 738 g/mol. The van der Waals surface area contributed by atoms with Crippen LogP contribution in [-0.2, 0) is 9.53 Å². The fourth-order valence-corrected chi connectivity index (χ4v) is 6.48. The largest absolute Gasteiger partial charge is 0.507 e. The number of aromatic hydroxyl groups is 2. The number of aromatic nitrogens is 3. The van der Waals surface area contributed by atoms with Crippen LogP contribution in [0.1, 0.15) is 114 Å². The quantitative estimate of drug-likeness (QED) is 0.0435. The summed E-state index contributed by atoms with van der Waals surface area (Å²) < 4.78 is 17.0. The van der Waals surface area contributed by atoms with E-state index >= 15 is 0 Å². The SMILES string of the molecule is C=C(C)C(=O)OCCCCCCCCCCCOc1ccc(-c2nc(-c3ccc(OCCCCCC)cc3O)nc(-c3c(C)cc(C)cc3C)n2)c(O)c1. The van der Waals surface area contributed by atoms with Crippen molar-refractivity contribution >= 4 is 5.97 Å². The summed E-state index contributed by atoms with van der Waals surface area (Å²) >= 11 is 0. The molecule has 0 atom stereocenters. The van der Waals surface area contributed by atoms with Crippen molar-refractivity contribution in [3.63, 3.8) is 0 Å². The van der Waals surface area contributed by atoms with Crippen molar-refractivity contribution in [2.45, 2.75) is 118 Å². The summed E-state index contributed by atoms with van der Waals surface area (Å²) in [5.41, 5.74) is 5.40. The van der Waals surface area contributed by atoms with E-state index in [2.05, 4.69) is 32.6 Å². The summed E-state index contributed by atoms with van der Waals surface area (Å²) in [5.74, 6) is 1.91. The Balaban J connectivity index is 1.37. The Morgan fingerprint density at radius 1 is 0.611 bits per heavy atom. The number of nitrogens with zero attached hydrogens (tertiary/aromatic N) is 3. The molecule has 9 nitrogen and oxygen atoms in total. The highest BCUT2D eigenvalue weighted by Gasteiger charge is 2.19. The molecule has 4 rings (SSSR count). The van der Waals surface area contributed by atoms with Gasteiger partial charge in [-0.1, -0.05) is 95.4 Å². The van der Waals surface area contributed by atoms with Crippen molar-refractivity contribution in [3.05, 3.63) is 77.4 Å². The summed E-state index contributed by atoms with van der Waals surface area (Å²) in [7, 11) is 0. The first-order valence-corrected chi connectivity index (χ1v) is 19.7. The second kappa shape index (κ2) is 21.7. The van der Waals surface area contributed by atoms with Gasteiger partial charge in [0.25, 0.3) is 0 Å². The molecule has 0 fully saturated rings. The lowest BCUT2D eigenvalue weighted by atomic mass is 9.99. The standard InChI is InChI=1S/C45H59N3O6/c1-7-8-9-17-24-52-35-20-22-37(39(49)29-35)42-46-43(48-44(47-42)41-33(5)27-32(4)28-34(41)6)38-23-21-36(30-40(38)50)53-25-18-15-13-11-10-12-14-16-19-26-54-45(51)31(2)3/h20-23,27-30,49-50H,2,7-19,24-26H2,1,3-6H3. The first kappa shape index (κ1) is 41.8. The molecule has 0 aliphatic heterocycles. The van der Waals surface area contributed by atoms with Gasteiger partial charge >= 0.3 is 5.97 Å². The highest BCUT2D eigenvalue weighted by Crippen LogP contribution is 2.37. The van der Waals surface area contributed by atoms with Crippen molar-refractivity contribution < 1.29 is 29.2 Å². The minimum Gasteiger partial charge on any atom is -0.507 e. The number of esters is 1. The molecule has 2 N–H and O–H groups in total. The molecule has 9 heteroatoms. The number of hydrogen-bond donors (Lipinski definition) is 2. The van der Waals surface area contributed by atoms with E-state index in [0.717, 1.165) is 80.0 Å². The third-order valence-corrected chi connectivity index (χ3v) is 9.36. The molecule has 0 amide bonds. The summed E-state index contributed by atoms with van der Waals surface area (Å²) in [6.45, 7) is 15.2. The van der Waals surface area contributed by atoms with E-state index in [1.165, 1.54) is 25.7 Å². The molecule has 4 aromatic rings. The van der Waals surface area contributed by atoms with Crippen molar-refractivity contribution in [2.75, 3.05) is 19.8 Å². The Morgan fingerprint density at radius 2 is 1.04 bits per heavy atom. The number of aryl methyl sites for hydroxylation is 3. The lowest BCUT2D eigenvalue weighted by molar-refractivity contribution is -0.139. The first-order chi connectivity index (χ1) is 26.1. The van der Waals surface area contributed by atoms with Gasteiger partial charge in [-0.05, 0) is 82.3 Å². The zero-order chi connectivity index (χ0) is 38.9. The smallest absolute Gasteiger partial charge is 0.333 e. The Labute approximate surface area is 321 Å². The minimum atomic E-state index is -0.307. The monoisotopic (exact) mass is 737 g/mol. The van der Waals surface area contributed by atoms with Crippen LogP contribution in [0.15, 0.2) is 60.7 Å². The van der Waals surface area contributed by atoms with Gasteiger partial charge in [-0.15, -0.1) is 0 Å². The minimum absolute atomic E-state index is 0.00188. The maximum atomic E-state index is 11.4. The van der Waals surface area contributed by atoms with Crippen molar-refractivity contribution in [1.29, 1.82) is 0 Å². The Morgan fingerprint density at radius 3 is 1.48 bits per heavy atom. The Kier molecular flexibility index (Phi) is 16.8. The van der Waals surface area contributed by atoms with Crippen LogP contribution in [0, 0.1) is 20.8 Å². The summed E-state index contributed by atoms with van der Waals surface area (Å²) in [5, 5.41) is 22.3. The van der Waals surface area contributed by atoms with Gasteiger partial charge in [-0.25, -0.2) is 19.7 Å². The lowest BCUT2D eigenvalue weighted by Crippen LogP contribution is -2.05. The number of benzene rings is 3. The van der Waals surface area contributed by atoms with E-state index in [4.69, 9.17) is 29.2 Å². The van der Waals surface area contributed by atoms with Gasteiger partial charge in [-0.3, -0.25) is 0 Å². The summed E-state index contributed by atoms with van der Waals surface area (Å²) in [4.78, 5) is 25.9. The van der Waals surface area contributed by atoms with Gasteiger partial charge in [-0.2, -0.15) is 0 Å². The Hall–Kier alpha value is -4.92. The van der Waals surface area contributed by atoms with Crippen molar-refractivity contribution in [1.82, 2.24) is 15.0 Å². The van der Waals surface area contributed by atoms with Gasteiger partial charge in [0.05, 0.1) is 30.9 Å². The lowest BCUT2D eigenvalue weighted by Gasteiger charge is -2.14. The van der Waals surface area contributed by atoms with Gasteiger partial charge in [0.15, 0.2) is 17.5 Å². The summed E-state index contributed by atoms with van der Waals surface area (Å²) in [6, 6.07) is 14.6. The van der Waals surface area contributed by atoms with Crippen LogP contribution >= 0.6 is 0 Å². The molecule has 0 saturated heterocycles. The fourth-order valence-electron chi connectivity index (χ4n) is 6.48. The van der Waals surface area contributed by atoms with Gasteiger partial charge in [0, 0.05) is 23.3 Å². The zero-order valence-electron chi connectivity index (χ0n) is 33.0. The van der Waals surface area contributed by atoms with Crippen LogP contribution in [-0.4, -0.2) is 51.0 Å². The highest BCUT2D eigenvalue weighted by molar-refractivity contribution is 5.86. The predicted molar refractivity (Wildman–Crippen MR) is 216 cm³/mol. The number of phenols is 2. The van der Waals surface area contributed by atoms with Crippen molar-refractivity contribution in [2.24, 2.45) is 0 Å². The molecule has 290 valence electrons. The maximum Gasteiger partial charge on any atom is 0.333 e. The van der Waals surface area contributed by atoms with E-state index in [0.29, 0.717) is 65.5 Å². The fraction of sp³-hybridized carbons (Fsp3) is 0.467. The van der Waals surface area contributed by atoms with Crippen molar-refractivity contribution in [3.8, 4) is 57.2 Å². The van der Waals surface area contributed by atoms with Gasteiger partial charge in [0.2, 0.25) is 0 Å². The van der Waals surface area contributed by atoms with E-state index in [9.17, 15) is 15.0 Å². The molecule has 0 aliphatic rings.